The van der Waals surface area contributed by atoms with Crippen LogP contribution in [0.15, 0.2) is 48.7 Å². The van der Waals surface area contributed by atoms with Gasteiger partial charge in [0.1, 0.15) is 0 Å². The number of hydrogen-bond donors (Lipinski definition) is 2. The molecule has 1 heterocycles. The molecule has 0 aliphatic carbocycles. The second kappa shape index (κ2) is 7.48. The van der Waals surface area contributed by atoms with Gasteiger partial charge >= 0.3 is 0 Å². The lowest BCUT2D eigenvalue weighted by atomic mass is 10.2. The molecular formula is C18H19N5O2. The monoisotopic (exact) mass is 337 g/mol. The summed E-state index contributed by atoms with van der Waals surface area (Å²) >= 11 is 0. The van der Waals surface area contributed by atoms with Crippen LogP contribution in [0, 0.1) is 6.92 Å². The molecule has 0 amide bonds. The third-order valence-electron chi connectivity index (χ3n) is 3.49. The van der Waals surface area contributed by atoms with E-state index in [0.717, 1.165) is 16.9 Å². The molecule has 2 N–H and O–H groups in total. The minimum absolute atomic E-state index is 0.413. The molecule has 0 unspecified atom stereocenters. The Morgan fingerprint density at radius 2 is 1.68 bits per heavy atom. The molecule has 7 nitrogen and oxygen atoms in total. The van der Waals surface area contributed by atoms with E-state index in [9.17, 15) is 0 Å². The van der Waals surface area contributed by atoms with Gasteiger partial charge in [-0.15, -0.1) is 5.10 Å². The van der Waals surface area contributed by atoms with Crippen LogP contribution in [0.5, 0.6) is 11.5 Å². The van der Waals surface area contributed by atoms with Crippen LogP contribution in [-0.2, 0) is 0 Å². The summed E-state index contributed by atoms with van der Waals surface area (Å²) in [6.45, 7) is 2.03. The van der Waals surface area contributed by atoms with Crippen molar-refractivity contribution in [3.8, 4) is 11.5 Å². The Bertz CT molecular complexity index is 870. The number of nitrogens with one attached hydrogen (secondary N) is 2. The quantitative estimate of drug-likeness (QED) is 0.710. The third-order valence-corrected chi connectivity index (χ3v) is 3.49. The first kappa shape index (κ1) is 16.5. The molecule has 0 saturated heterocycles. The van der Waals surface area contributed by atoms with Gasteiger partial charge in [-0.2, -0.15) is 10.1 Å². The maximum absolute atomic E-state index is 5.30. The Balaban J connectivity index is 1.78. The Hall–Kier alpha value is -3.35. The Morgan fingerprint density at radius 1 is 0.880 bits per heavy atom. The van der Waals surface area contributed by atoms with E-state index in [2.05, 4.69) is 25.8 Å². The van der Waals surface area contributed by atoms with E-state index >= 15 is 0 Å². The van der Waals surface area contributed by atoms with Crippen LogP contribution < -0.4 is 20.1 Å². The van der Waals surface area contributed by atoms with Crippen molar-refractivity contribution in [2.45, 2.75) is 6.92 Å². The molecule has 7 heteroatoms. The number of nitrogens with zero attached hydrogens (tertiary/aromatic N) is 3. The summed E-state index contributed by atoms with van der Waals surface area (Å²) in [6.07, 6.45) is 1.55. The molecule has 128 valence electrons. The van der Waals surface area contributed by atoms with Gasteiger partial charge in [0, 0.05) is 17.4 Å². The Kier molecular flexibility index (Phi) is 4.94. The molecule has 0 fully saturated rings. The van der Waals surface area contributed by atoms with Crippen molar-refractivity contribution in [3.63, 3.8) is 0 Å². The first-order chi connectivity index (χ1) is 12.2. The lowest BCUT2D eigenvalue weighted by molar-refractivity contribution is 0.355. The smallest absolute Gasteiger partial charge is 0.249 e. The molecule has 0 bridgehead atoms. The van der Waals surface area contributed by atoms with Crippen LogP contribution in [0.25, 0.3) is 0 Å². The number of aromatic nitrogens is 3. The second-order valence-corrected chi connectivity index (χ2v) is 5.35. The summed E-state index contributed by atoms with van der Waals surface area (Å²) in [4.78, 5) is 4.42. The minimum atomic E-state index is 0.413. The van der Waals surface area contributed by atoms with Crippen molar-refractivity contribution in [2.24, 2.45) is 0 Å². The molecule has 0 radical (unpaired) electrons. The van der Waals surface area contributed by atoms with E-state index in [0.29, 0.717) is 23.3 Å². The van der Waals surface area contributed by atoms with Gasteiger partial charge in [0.15, 0.2) is 17.3 Å². The van der Waals surface area contributed by atoms with E-state index in [1.807, 2.05) is 49.4 Å². The second-order valence-electron chi connectivity index (χ2n) is 5.35. The molecule has 2 aromatic carbocycles. The van der Waals surface area contributed by atoms with Crippen molar-refractivity contribution >= 4 is 23.1 Å². The summed E-state index contributed by atoms with van der Waals surface area (Å²) in [6, 6.07) is 13.5. The van der Waals surface area contributed by atoms with Crippen molar-refractivity contribution in [2.75, 3.05) is 24.9 Å². The highest BCUT2D eigenvalue weighted by Gasteiger charge is 2.06. The maximum Gasteiger partial charge on any atom is 0.249 e. The van der Waals surface area contributed by atoms with Crippen LogP contribution >= 0.6 is 0 Å². The fourth-order valence-electron chi connectivity index (χ4n) is 2.33. The SMILES string of the molecule is COc1ccc(Nc2cnnc(Nc3cccc(C)c3)n2)cc1OC. The van der Waals surface area contributed by atoms with Gasteiger partial charge in [0.2, 0.25) is 5.95 Å². The van der Waals surface area contributed by atoms with Gasteiger partial charge in [-0.1, -0.05) is 12.1 Å². The van der Waals surface area contributed by atoms with Gasteiger partial charge in [0.25, 0.3) is 0 Å². The average molecular weight is 337 g/mol. The van der Waals surface area contributed by atoms with Crippen LogP contribution in [0.4, 0.5) is 23.1 Å². The molecule has 0 atom stereocenters. The van der Waals surface area contributed by atoms with Crippen molar-refractivity contribution in [3.05, 3.63) is 54.2 Å². The van der Waals surface area contributed by atoms with Gasteiger partial charge in [-0.25, -0.2) is 0 Å². The largest absolute Gasteiger partial charge is 0.493 e. The zero-order valence-corrected chi connectivity index (χ0v) is 14.3. The topological polar surface area (TPSA) is 81.2 Å². The summed E-state index contributed by atoms with van der Waals surface area (Å²) < 4.78 is 10.5. The van der Waals surface area contributed by atoms with E-state index < -0.39 is 0 Å². The van der Waals surface area contributed by atoms with E-state index in [1.54, 1.807) is 20.4 Å². The Labute approximate surface area is 146 Å². The number of methoxy groups -OCH3 is 2. The number of anilines is 4. The van der Waals surface area contributed by atoms with E-state index in [4.69, 9.17) is 9.47 Å². The average Bonchev–Trinajstić information content (AvgIpc) is 2.62. The van der Waals surface area contributed by atoms with Gasteiger partial charge < -0.3 is 20.1 Å². The minimum Gasteiger partial charge on any atom is -0.493 e. The number of hydrogen-bond acceptors (Lipinski definition) is 7. The maximum atomic E-state index is 5.30. The molecule has 0 saturated carbocycles. The van der Waals surface area contributed by atoms with E-state index in [-0.39, 0.29) is 0 Å². The van der Waals surface area contributed by atoms with Crippen LogP contribution in [-0.4, -0.2) is 29.4 Å². The number of aryl methyl sites for hydroxylation is 1. The molecule has 0 aliphatic heterocycles. The Morgan fingerprint density at radius 3 is 2.44 bits per heavy atom. The van der Waals surface area contributed by atoms with Crippen LogP contribution in [0.2, 0.25) is 0 Å². The molecule has 0 spiro atoms. The molecule has 3 rings (SSSR count). The van der Waals surface area contributed by atoms with Gasteiger partial charge in [-0.05, 0) is 36.8 Å². The fourth-order valence-corrected chi connectivity index (χ4v) is 2.33. The highest BCUT2D eigenvalue weighted by atomic mass is 16.5. The first-order valence-electron chi connectivity index (χ1n) is 7.70. The number of ether oxygens (including phenoxy) is 2. The molecule has 0 aliphatic rings. The summed E-state index contributed by atoms with van der Waals surface area (Å²) in [7, 11) is 3.19. The fraction of sp³-hybridized carbons (Fsp3) is 0.167. The third kappa shape index (κ3) is 4.14. The van der Waals surface area contributed by atoms with E-state index in [1.165, 1.54) is 0 Å². The highest BCUT2D eigenvalue weighted by Crippen LogP contribution is 2.30. The van der Waals surface area contributed by atoms with Gasteiger partial charge in [-0.3, -0.25) is 0 Å². The lowest BCUT2D eigenvalue weighted by Crippen LogP contribution is -2.02. The zero-order chi connectivity index (χ0) is 17.6. The molecule has 25 heavy (non-hydrogen) atoms. The number of rotatable bonds is 6. The first-order valence-corrected chi connectivity index (χ1v) is 7.70. The molecule has 3 aromatic rings. The normalized spacial score (nSPS) is 10.2. The number of benzene rings is 2. The van der Waals surface area contributed by atoms with Gasteiger partial charge in [0.05, 0.1) is 20.4 Å². The van der Waals surface area contributed by atoms with Crippen molar-refractivity contribution in [1.82, 2.24) is 15.2 Å². The summed E-state index contributed by atoms with van der Waals surface area (Å²) in [5.41, 5.74) is 2.86. The lowest BCUT2D eigenvalue weighted by Gasteiger charge is -2.11. The predicted molar refractivity (Wildman–Crippen MR) is 97.1 cm³/mol. The van der Waals surface area contributed by atoms with Crippen molar-refractivity contribution < 1.29 is 9.47 Å². The van der Waals surface area contributed by atoms with Crippen molar-refractivity contribution in [1.29, 1.82) is 0 Å². The summed E-state index contributed by atoms with van der Waals surface area (Å²) in [5, 5.41) is 14.3. The molecular weight excluding hydrogens is 318 g/mol. The zero-order valence-electron chi connectivity index (χ0n) is 14.3. The predicted octanol–water partition coefficient (Wildman–Crippen LogP) is 3.68. The molecule has 1 aromatic heterocycles. The summed E-state index contributed by atoms with van der Waals surface area (Å²) in [5.74, 6) is 2.27. The standard InChI is InChI=1S/C18H19N5O2/c1-12-5-4-6-13(9-12)21-18-22-17(11-19-23-18)20-14-7-8-15(24-2)16(10-14)25-3/h4-11H,1-3H3,(H2,20,21,22,23). The van der Waals surface area contributed by atoms with Crippen LogP contribution in [0.1, 0.15) is 5.56 Å². The highest BCUT2D eigenvalue weighted by molar-refractivity contribution is 5.62. The van der Waals surface area contributed by atoms with Crippen LogP contribution in [0.3, 0.4) is 0 Å².